The quantitative estimate of drug-likeness (QED) is 0.371. The fourth-order valence-electron chi connectivity index (χ4n) is 3.28. The van der Waals surface area contributed by atoms with Gasteiger partial charge in [0.1, 0.15) is 24.7 Å². The molecule has 1 aromatic rings. The van der Waals surface area contributed by atoms with E-state index in [0.29, 0.717) is 11.3 Å². The van der Waals surface area contributed by atoms with Crippen LogP contribution in [0.2, 0.25) is 0 Å². The largest absolute Gasteiger partial charge is 0.446 e. The number of benzene rings is 1. The molecule has 1 atom stereocenters. The smallest absolute Gasteiger partial charge is 0.414 e. The number of amides is 2. The zero-order valence-corrected chi connectivity index (χ0v) is 18.2. The number of likely N-dealkylation sites (tertiary alicyclic amines) is 1. The lowest BCUT2D eigenvalue weighted by atomic mass is 10.1. The maximum atomic E-state index is 12.1. The monoisotopic (exact) mass is 454 g/mol. The highest BCUT2D eigenvalue weighted by atomic mass is 32.2. The molecule has 31 heavy (non-hydrogen) atoms. The summed E-state index contributed by atoms with van der Waals surface area (Å²) in [4.78, 5) is 27.6. The van der Waals surface area contributed by atoms with Crippen molar-refractivity contribution in [1.29, 1.82) is 5.41 Å². The minimum atomic E-state index is -3.63. The lowest BCUT2D eigenvalue weighted by molar-refractivity contribution is 0.0602. The average molecular weight is 455 g/mol. The SMILES string of the molecule is CN1CCC(OC(=O)NC(=N)c2ccc(N3CC(COS(C)(=O)=O)OC3=O)cc2)CC1. The molecule has 2 saturated heterocycles. The van der Waals surface area contributed by atoms with E-state index in [4.69, 9.17) is 14.9 Å². The summed E-state index contributed by atoms with van der Waals surface area (Å²) in [6.45, 7) is 1.59. The van der Waals surface area contributed by atoms with Gasteiger partial charge in [-0.25, -0.2) is 9.59 Å². The molecule has 2 aliphatic rings. The maximum absolute atomic E-state index is 12.1. The van der Waals surface area contributed by atoms with Crippen LogP contribution in [0, 0.1) is 5.41 Å². The summed E-state index contributed by atoms with van der Waals surface area (Å²) in [5.41, 5.74) is 0.950. The second-order valence-electron chi connectivity index (χ2n) is 7.56. The third-order valence-corrected chi connectivity index (χ3v) is 5.54. The summed E-state index contributed by atoms with van der Waals surface area (Å²) in [7, 11) is -1.61. The van der Waals surface area contributed by atoms with Crippen LogP contribution in [0.25, 0.3) is 0 Å². The van der Waals surface area contributed by atoms with Gasteiger partial charge in [-0.3, -0.25) is 19.8 Å². The maximum Gasteiger partial charge on any atom is 0.414 e. The van der Waals surface area contributed by atoms with E-state index in [0.717, 1.165) is 32.2 Å². The lowest BCUT2D eigenvalue weighted by Crippen LogP contribution is -2.39. The number of cyclic esters (lactones) is 1. The predicted molar refractivity (Wildman–Crippen MR) is 112 cm³/mol. The third-order valence-electron chi connectivity index (χ3n) is 4.98. The molecule has 2 heterocycles. The number of rotatable bonds is 6. The summed E-state index contributed by atoms with van der Waals surface area (Å²) in [5.74, 6) is -0.118. The topological polar surface area (TPSA) is 138 Å². The van der Waals surface area contributed by atoms with Crippen LogP contribution in [0.1, 0.15) is 18.4 Å². The molecule has 11 nitrogen and oxygen atoms in total. The van der Waals surface area contributed by atoms with Crippen molar-refractivity contribution >= 4 is 33.8 Å². The van der Waals surface area contributed by atoms with Gasteiger partial charge < -0.3 is 14.4 Å². The van der Waals surface area contributed by atoms with E-state index >= 15 is 0 Å². The Balaban J connectivity index is 1.51. The van der Waals surface area contributed by atoms with Gasteiger partial charge >= 0.3 is 12.2 Å². The molecule has 0 spiro atoms. The molecule has 170 valence electrons. The molecule has 2 amide bonds. The molecule has 2 aliphatic heterocycles. The molecule has 0 bridgehead atoms. The van der Waals surface area contributed by atoms with Crippen molar-refractivity contribution in [3.63, 3.8) is 0 Å². The van der Waals surface area contributed by atoms with Crippen LogP contribution < -0.4 is 10.2 Å². The normalized spacial score (nSPS) is 20.4. The Labute approximate surface area is 180 Å². The zero-order valence-electron chi connectivity index (χ0n) is 17.4. The summed E-state index contributed by atoms with van der Waals surface area (Å²) < 4.78 is 37.3. The van der Waals surface area contributed by atoms with Crippen molar-refractivity contribution in [2.45, 2.75) is 25.0 Å². The van der Waals surface area contributed by atoms with Crippen molar-refractivity contribution in [3.05, 3.63) is 29.8 Å². The molecular formula is C19H26N4O7S. The van der Waals surface area contributed by atoms with E-state index in [-0.39, 0.29) is 25.1 Å². The van der Waals surface area contributed by atoms with E-state index in [1.54, 1.807) is 24.3 Å². The highest BCUT2D eigenvalue weighted by molar-refractivity contribution is 7.85. The van der Waals surface area contributed by atoms with Gasteiger partial charge in [-0.15, -0.1) is 0 Å². The molecule has 2 fully saturated rings. The Morgan fingerprint density at radius 3 is 2.52 bits per heavy atom. The van der Waals surface area contributed by atoms with E-state index in [1.807, 2.05) is 7.05 Å². The number of alkyl carbamates (subject to hydrolysis) is 1. The van der Waals surface area contributed by atoms with Crippen LogP contribution in [0.4, 0.5) is 15.3 Å². The number of piperidine rings is 1. The van der Waals surface area contributed by atoms with Crippen LogP contribution >= 0.6 is 0 Å². The second kappa shape index (κ2) is 9.62. The molecule has 0 aliphatic carbocycles. The molecule has 1 unspecified atom stereocenters. The first kappa shape index (κ1) is 23.0. The number of hydrogen-bond donors (Lipinski definition) is 2. The van der Waals surface area contributed by atoms with Crippen molar-refractivity contribution in [2.75, 3.05) is 44.4 Å². The van der Waals surface area contributed by atoms with E-state index in [2.05, 4.69) is 14.4 Å². The number of carbonyl (C=O) groups excluding carboxylic acids is 2. The number of nitrogens with zero attached hydrogens (tertiary/aromatic N) is 2. The molecule has 0 radical (unpaired) electrons. The summed E-state index contributed by atoms with van der Waals surface area (Å²) >= 11 is 0. The highest BCUT2D eigenvalue weighted by Gasteiger charge is 2.33. The average Bonchev–Trinajstić information content (AvgIpc) is 3.08. The lowest BCUT2D eigenvalue weighted by Gasteiger charge is -2.28. The van der Waals surface area contributed by atoms with Crippen LogP contribution in [0.3, 0.4) is 0 Å². The third kappa shape index (κ3) is 6.64. The van der Waals surface area contributed by atoms with Crippen LogP contribution in [0.5, 0.6) is 0 Å². The number of amidine groups is 1. The van der Waals surface area contributed by atoms with Crippen molar-refractivity contribution in [2.24, 2.45) is 0 Å². The van der Waals surface area contributed by atoms with Crippen LogP contribution in [-0.4, -0.2) is 83.1 Å². The van der Waals surface area contributed by atoms with Crippen molar-refractivity contribution in [3.8, 4) is 0 Å². The van der Waals surface area contributed by atoms with Crippen LogP contribution in [0.15, 0.2) is 24.3 Å². The van der Waals surface area contributed by atoms with E-state index in [1.165, 1.54) is 4.90 Å². The number of ether oxygens (including phenoxy) is 2. The molecule has 1 aromatic carbocycles. The van der Waals surface area contributed by atoms with Gasteiger partial charge in [-0.05, 0) is 44.2 Å². The summed E-state index contributed by atoms with van der Waals surface area (Å²) in [6.07, 6.45) is 0.281. The van der Waals surface area contributed by atoms with Gasteiger partial charge in [0, 0.05) is 24.3 Å². The van der Waals surface area contributed by atoms with Gasteiger partial charge in [0.25, 0.3) is 10.1 Å². The minimum Gasteiger partial charge on any atom is -0.446 e. The Bertz CT molecular complexity index is 927. The first-order valence-electron chi connectivity index (χ1n) is 9.78. The molecule has 2 N–H and O–H groups in total. The van der Waals surface area contributed by atoms with E-state index in [9.17, 15) is 18.0 Å². The Morgan fingerprint density at radius 1 is 1.26 bits per heavy atom. The Kier molecular flexibility index (Phi) is 7.13. The highest BCUT2D eigenvalue weighted by Crippen LogP contribution is 2.22. The molecule has 12 heteroatoms. The number of anilines is 1. The second-order valence-corrected chi connectivity index (χ2v) is 9.20. The molecule has 0 aromatic heterocycles. The van der Waals surface area contributed by atoms with Crippen molar-refractivity contribution in [1.82, 2.24) is 10.2 Å². The fraction of sp³-hybridized carbons (Fsp3) is 0.526. The van der Waals surface area contributed by atoms with Gasteiger partial charge in [-0.1, -0.05) is 0 Å². The first-order chi connectivity index (χ1) is 14.6. The van der Waals surface area contributed by atoms with Gasteiger partial charge in [0.15, 0.2) is 0 Å². The number of nitrogens with one attached hydrogen (secondary N) is 2. The minimum absolute atomic E-state index is 0.118. The standard InChI is InChI=1S/C19H26N4O7S/c1-22-9-7-15(8-10-22)29-18(24)21-17(20)13-3-5-14(6-4-13)23-11-16(30-19(23)25)12-28-31(2,26)27/h3-6,15-16H,7-12H2,1-2H3,(H2,20,21,24). The van der Waals surface area contributed by atoms with Crippen molar-refractivity contribution < 1.29 is 31.7 Å². The Morgan fingerprint density at radius 2 is 1.90 bits per heavy atom. The predicted octanol–water partition coefficient (Wildman–Crippen LogP) is 1.13. The Hall–Kier alpha value is -2.70. The summed E-state index contributed by atoms with van der Waals surface area (Å²) in [5, 5.41) is 10.5. The van der Waals surface area contributed by atoms with Gasteiger partial charge in [0.05, 0.1) is 12.8 Å². The molecule has 0 saturated carbocycles. The molecular weight excluding hydrogens is 428 g/mol. The number of hydrogen-bond acceptors (Lipinski definition) is 9. The van der Waals surface area contributed by atoms with Gasteiger partial charge in [-0.2, -0.15) is 8.42 Å². The number of carbonyl (C=O) groups is 2. The zero-order chi connectivity index (χ0) is 22.6. The van der Waals surface area contributed by atoms with E-state index < -0.39 is 28.4 Å². The first-order valence-corrected chi connectivity index (χ1v) is 11.6. The summed E-state index contributed by atoms with van der Waals surface area (Å²) in [6, 6.07) is 6.38. The fourth-order valence-corrected chi connectivity index (χ4v) is 3.68. The molecule has 3 rings (SSSR count). The van der Waals surface area contributed by atoms with Gasteiger partial charge in [0.2, 0.25) is 0 Å². The van der Waals surface area contributed by atoms with Crippen LogP contribution in [-0.2, 0) is 23.8 Å².